The molecule has 106 valence electrons. The highest BCUT2D eigenvalue weighted by Crippen LogP contribution is 2.29. The molecule has 0 spiro atoms. The summed E-state index contributed by atoms with van der Waals surface area (Å²) in [6, 6.07) is 0. The van der Waals surface area contributed by atoms with Crippen LogP contribution < -0.4 is 5.56 Å². The van der Waals surface area contributed by atoms with E-state index in [9.17, 15) is 4.79 Å². The number of halogens is 1. The van der Waals surface area contributed by atoms with Gasteiger partial charge in [-0.25, -0.2) is 4.98 Å². The number of nitrogens with one attached hydrogen (secondary N) is 1. The molecule has 0 saturated carbocycles. The van der Waals surface area contributed by atoms with Gasteiger partial charge in [-0.2, -0.15) is 0 Å². The normalized spacial score (nSPS) is 16.5. The summed E-state index contributed by atoms with van der Waals surface area (Å²) in [5.41, 5.74) is 1.57. The summed E-state index contributed by atoms with van der Waals surface area (Å²) in [7, 11) is 0. The highest BCUT2D eigenvalue weighted by Gasteiger charge is 2.23. The fourth-order valence-corrected chi connectivity index (χ4v) is 3.57. The summed E-state index contributed by atoms with van der Waals surface area (Å²) in [6.45, 7) is 3.32. The van der Waals surface area contributed by atoms with Gasteiger partial charge < -0.3 is 9.72 Å². The number of nitrogens with zero attached hydrogens (tertiary/aromatic N) is 3. The van der Waals surface area contributed by atoms with Gasteiger partial charge in [0.2, 0.25) is 0 Å². The molecule has 20 heavy (non-hydrogen) atoms. The third kappa shape index (κ3) is 2.63. The molecule has 0 aliphatic carbocycles. The highest BCUT2D eigenvalue weighted by atomic mass is 127. The summed E-state index contributed by atoms with van der Waals surface area (Å²) in [6.07, 6.45) is 1.82. The van der Waals surface area contributed by atoms with Crippen molar-refractivity contribution in [3.63, 3.8) is 0 Å². The van der Waals surface area contributed by atoms with E-state index >= 15 is 0 Å². The van der Waals surface area contributed by atoms with Crippen molar-refractivity contribution in [2.75, 3.05) is 13.2 Å². The van der Waals surface area contributed by atoms with Gasteiger partial charge in [-0.1, -0.05) is 4.49 Å². The van der Waals surface area contributed by atoms with E-state index in [1.807, 2.05) is 6.92 Å². The van der Waals surface area contributed by atoms with Crippen LogP contribution in [0.25, 0.3) is 10.7 Å². The second-order valence-corrected chi connectivity index (χ2v) is 6.52. The van der Waals surface area contributed by atoms with E-state index in [0.717, 1.165) is 42.3 Å². The standard InChI is InChI=1S/C12H13IN4O2S/c1-6-10(20-17-16-6)11-14-9(8(13)12(18)15-11)7-2-4-19-5-3-7/h7H,2-5H2,1H3,(H,14,15,18). The molecule has 1 aliphatic heterocycles. The maximum absolute atomic E-state index is 12.1. The molecule has 2 aromatic heterocycles. The van der Waals surface area contributed by atoms with E-state index in [2.05, 4.69) is 42.1 Å². The predicted octanol–water partition coefficient (Wildman–Crippen LogP) is 2.10. The molecular formula is C12H13IN4O2S. The molecule has 2 aromatic rings. The van der Waals surface area contributed by atoms with Crippen molar-refractivity contribution in [3.8, 4) is 10.7 Å². The second kappa shape index (κ2) is 5.86. The zero-order chi connectivity index (χ0) is 14.1. The van der Waals surface area contributed by atoms with Crippen molar-refractivity contribution in [3.05, 3.63) is 25.3 Å². The molecule has 0 radical (unpaired) electrons. The van der Waals surface area contributed by atoms with Crippen LogP contribution in [0.15, 0.2) is 4.79 Å². The third-order valence-electron chi connectivity index (χ3n) is 3.36. The minimum absolute atomic E-state index is 0.0927. The van der Waals surface area contributed by atoms with Crippen LogP contribution in [0.3, 0.4) is 0 Å². The molecule has 3 rings (SSSR count). The SMILES string of the molecule is Cc1nnsc1-c1nc(C2CCOCC2)c(I)c(=O)[nH]1. The maximum Gasteiger partial charge on any atom is 0.264 e. The second-order valence-electron chi connectivity index (χ2n) is 4.69. The van der Waals surface area contributed by atoms with E-state index in [1.165, 1.54) is 11.5 Å². The van der Waals surface area contributed by atoms with Gasteiger partial charge in [0.15, 0.2) is 5.82 Å². The minimum Gasteiger partial charge on any atom is -0.381 e. The quantitative estimate of drug-likeness (QED) is 0.776. The smallest absolute Gasteiger partial charge is 0.264 e. The first kappa shape index (κ1) is 14.1. The van der Waals surface area contributed by atoms with Gasteiger partial charge in [0.05, 0.1) is 11.4 Å². The lowest BCUT2D eigenvalue weighted by Gasteiger charge is -2.22. The fraction of sp³-hybridized carbons (Fsp3) is 0.500. The van der Waals surface area contributed by atoms with Gasteiger partial charge in [0, 0.05) is 19.1 Å². The van der Waals surface area contributed by atoms with Crippen LogP contribution in [0.4, 0.5) is 0 Å². The first-order valence-electron chi connectivity index (χ1n) is 6.33. The maximum atomic E-state index is 12.1. The number of rotatable bonds is 2. The lowest BCUT2D eigenvalue weighted by Crippen LogP contribution is -2.22. The van der Waals surface area contributed by atoms with Crippen LogP contribution in [0.5, 0.6) is 0 Å². The molecule has 1 fully saturated rings. The van der Waals surface area contributed by atoms with Crippen LogP contribution in [0.2, 0.25) is 0 Å². The molecule has 8 heteroatoms. The van der Waals surface area contributed by atoms with Crippen LogP contribution in [-0.2, 0) is 4.74 Å². The van der Waals surface area contributed by atoms with E-state index in [-0.39, 0.29) is 11.5 Å². The molecule has 1 saturated heterocycles. The van der Waals surface area contributed by atoms with E-state index < -0.39 is 0 Å². The summed E-state index contributed by atoms with van der Waals surface area (Å²) in [5.74, 6) is 0.863. The van der Waals surface area contributed by atoms with Gasteiger partial charge in [0.1, 0.15) is 8.45 Å². The van der Waals surface area contributed by atoms with E-state index in [4.69, 9.17) is 4.74 Å². The van der Waals surface area contributed by atoms with Crippen molar-refractivity contribution in [1.29, 1.82) is 0 Å². The number of hydrogen-bond donors (Lipinski definition) is 1. The predicted molar refractivity (Wildman–Crippen MR) is 84.0 cm³/mol. The van der Waals surface area contributed by atoms with Gasteiger partial charge in [0.25, 0.3) is 5.56 Å². The van der Waals surface area contributed by atoms with Crippen molar-refractivity contribution in [1.82, 2.24) is 19.6 Å². The lowest BCUT2D eigenvalue weighted by atomic mass is 9.96. The Labute approximate surface area is 133 Å². The van der Waals surface area contributed by atoms with Gasteiger partial charge in [-0.3, -0.25) is 4.79 Å². The summed E-state index contributed by atoms with van der Waals surface area (Å²) >= 11 is 3.33. The molecule has 0 unspecified atom stereocenters. The van der Waals surface area contributed by atoms with Crippen LogP contribution in [0.1, 0.15) is 30.1 Å². The zero-order valence-corrected chi connectivity index (χ0v) is 13.8. The van der Waals surface area contributed by atoms with Crippen molar-refractivity contribution >= 4 is 34.1 Å². The monoisotopic (exact) mass is 404 g/mol. The number of ether oxygens (including phenoxy) is 1. The Morgan fingerprint density at radius 3 is 2.80 bits per heavy atom. The molecule has 1 aliphatic rings. The number of aromatic amines is 1. The molecule has 0 aromatic carbocycles. The Morgan fingerprint density at radius 2 is 2.15 bits per heavy atom. The van der Waals surface area contributed by atoms with Crippen molar-refractivity contribution in [2.24, 2.45) is 0 Å². The molecule has 0 amide bonds. The van der Waals surface area contributed by atoms with Crippen LogP contribution in [0, 0.1) is 10.5 Å². The Hall–Kier alpha value is -0.870. The van der Waals surface area contributed by atoms with E-state index in [1.54, 1.807) is 0 Å². The number of aryl methyl sites for hydroxylation is 1. The van der Waals surface area contributed by atoms with Crippen molar-refractivity contribution < 1.29 is 4.74 Å². The van der Waals surface area contributed by atoms with E-state index in [0.29, 0.717) is 9.39 Å². The highest BCUT2D eigenvalue weighted by molar-refractivity contribution is 14.1. The zero-order valence-electron chi connectivity index (χ0n) is 10.9. The Balaban J connectivity index is 2.08. The van der Waals surface area contributed by atoms with Crippen LogP contribution >= 0.6 is 34.1 Å². The average Bonchev–Trinajstić information content (AvgIpc) is 2.89. The number of hydrogen-bond acceptors (Lipinski definition) is 6. The molecular weight excluding hydrogens is 391 g/mol. The first-order chi connectivity index (χ1) is 9.66. The Kier molecular flexibility index (Phi) is 4.13. The Bertz CT molecular complexity index is 678. The van der Waals surface area contributed by atoms with Gasteiger partial charge in [-0.05, 0) is 53.9 Å². The largest absolute Gasteiger partial charge is 0.381 e. The molecule has 0 bridgehead atoms. The topological polar surface area (TPSA) is 80.8 Å². The van der Waals surface area contributed by atoms with Gasteiger partial charge in [-0.15, -0.1) is 5.10 Å². The van der Waals surface area contributed by atoms with Crippen molar-refractivity contribution in [2.45, 2.75) is 25.7 Å². The summed E-state index contributed by atoms with van der Waals surface area (Å²) in [5, 5.41) is 3.97. The molecule has 6 nitrogen and oxygen atoms in total. The van der Waals surface area contributed by atoms with Crippen LogP contribution in [-0.4, -0.2) is 32.8 Å². The lowest BCUT2D eigenvalue weighted by molar-refractivity contribution is 0.0843. The molecule has 1 N–H and O–H groups in total. The van der Waals surface area contributed by atoms with Gasteiger partial charge >= 0.3 is 0 Å². The summed E-state index contributed by atoms with van der Waals surface area (Å²) < 4.78 is 9.95. The number of aromatic nitrogens is 4. The Morgan fingerprint density at radius 1 is 1.40 bits per heavy atom. The average molecular weight is 404 g/mol. The summed E-state index contributed by atoms with van der Waals surface area (Å²) in [4.78, 5) is 20.5. The molecule has 0 atom stereocenters. The number of H-pyrrole nitrogens is 1. The minimum atomic E-state index is -0.0927. The molecule has 3 heterocycles. The fourth-order valence-electron chi connectivity index (χ4n) is 2.27. The third-order valence-corrected chi connectivity index (χ3v) is 5.24. The first-order valence-corrected chi connectivity index (χ1v) is 8.19.